The van der Waals surface area contributed by atoms with Crippen molar-refractivity contribution in [2.75, 3.05) is 6.61 Å². The maximum Gasteiger partial charge on any atom is 0.152 e. The lowest BCUT2D eigenvalue weighted by Crippen LogP contribution is -2.32. The fraction of sp³-hybridized carbons (Fsp3) is 0.200. The first kappa shape index (κ1) is 18.4. The summed E-state index contributed by atoms with van der Waals surface area (Å²) in [6, 6.07) is 18.5. The molecule has 2 N–H and O–H groups in total. The highest BCUT2D eigenvalue weighted by molar-refractivity contribution is 7.79. The van der Waals surface area contributed by atoms with E-state index >= 15 is 0 Å². The molecule has 0 bridgehead atoms. The Bertz CT molecular complexity index is 680. The Labute approximate surface area is 143 Å². The van der Waals surface area contributed by atoms with Gasteiger partial charge in [0.2, 0.25) is 0 Å². The van der Waals surface area contributed by atoms with E-state index in [4.69, 9.17) is 5.11 Å². The van der Waals surface area contributed by atoms with Crippen LogP contribution in [0, 0.1) is 0 Å². The van der Waals surface area contributed by atoms with Gasteiger partial charge in [-0.15, -0.1) is 0 Å². The molecule has 0 radical (unpaired) electrons. The van der Waals surface area contributed by atoms with Gasteiger partial charge in [0.25, 0.3) is 0 Å². The van der Waals surface area contributed by atoms with Crippen LogP contribution < -0.4 is 10.6 Å². The summed E-state index contributed by atoms with van der Waals surface area (Å²) in [5.41, 5.74) is -0.648. The van der Waals surface area contributed by atoms with Gasteiger partial charge in [0.15, 0.2) is 7.14 Å². The van der Waals surface area contributed by atoms with Crippen molar-refractivity contribution in [3.05, 3.63) is 85.0 Å². The van der Waals surface area contributed by atoms with Crippen LogP contribution in [0.2, 0.25) is 0 Å². The standard InChI is InChI=1S/C20H23O3P/c1-2-10-19(22)20(15-9-16-21)24(23,17-11-5-3-6-12-17)18-13-7-4-8-14-18/h2-15,19-22H,16H2,1H3/b10-2+,15-9+. The topological polar surface area (TPSA) is 57.5 Å². The summed E-state index contributed by atoms with van der Waals surface area (Å²) in [7, 11) is -3.15. The average molecular weight is 342 g/mol. The lowest BCUT2D eigenvalue weighted by Gasteiger charge is -2.29. The summed E-state index contributed by atoms with van der Waals surface area (Å²) >= 11 is 0. The molecule has 0 spiro atoms. The van der Waals surface area contributed by atoms with Crippen LogP contribution in [0.15, 0.2) is 85.0 Å². The smallest absolute Gasteiger partial charge is 0.152 e. The second-order valence-corrected chi connectivity index (χ2v) is 8.39. The van der Waals surface area contributed by atoms with Gasteiger partial charge in [0.1, 0.15) is 0 Å². The number of hydrogen-bond acceptors (Lipinski definition) is 3. The van der Waals surface area contributed by atoms with Gasteiger partial charge in [0, 0.05) is 10.6 Å². The van der Waals surface area contributed by atoms with E-state index in [1.54, 1.807) is 18.2 Å². The summed E-state index contributed by atoms with van der Waals surface area (Å²) < 4.78 is 14.2. The molecular formula is C20H23O3P. The zero-order valence-electron chi connectivity index (χ0n) is 13.7. The van der Waals surface area contributed by atoms with Gasteiger partial charge in [-0.25, -0.2) is 0 Å². The number of aliphatic hydroxyl groups excluding tert-OH is 2. The molecule has 2 rings (SSSR count). The molecule has 2 aromatic rings. The van der Waals surface area contributed by atoms with Crippen LogP contribution in [0.1, 0.15) is 6.92 Å². The van der Waals surface area contributed by atoms with Crippen LogP contribution in [0.3, 0.4) is 0 Å². The van der Waals surface area contributed by atoms with Crippen LogP contribution >= 0.6 is 7.14 Å². The lowest BCUT2D eigenvalue weighted by molar-refractivity contribution is 0.228. The molecule has 24 heavy (non-hydrogen) atoms. The first-order valence-corrected chi connectivity index (χ1v) is 9.71. The molecule has 0 aromatic heterocycles. The lowest BCUT2D eigenvalue weighted by atomic mass is 10.2. The van der Waals surface area contributed by atoms with Gasteiger partial charge in [0.05, 0.1) is 18.4 Å². The minimum atomic E-state index is -3.15. The first-order chi connectivity index (χ1) is 11.6. The van der Waals surface area contributed by atoms with Crippen molar-refractivity contribution in [2.24, 2.45) is 0 Å². The van der Waals surface area contributed by atoms with Crippen molar-refractivity contribution in [1.82, 2.24) is 0 Å². The summed E-state index contributed by atoms with van der Waals surface area (Å²) in [4.78, 5) is 0. The zero-order chi connectivity index (χ0) is 17.4. The van der Waals surface area contributed by atoms with Gasteiger partial charge >= 0.3 is 0 Å². The van der Waals surface area contributed by atoms with Crippen LogP contribution in [0.25, 0.3) is 0 Å². The molecule has 0 saturated carbocycles. The molecule has 0 aliphatic rings. The van der Waals surface area contributed by atoms with Crippen molar-refractivity contribution in [2.45, 2.75) is 18.7 Å². The van der Waals surface area contributed by atoms with E-state index in [9.17, 15) is 9.67 Å². The Morgan fingerprint density at radius 3 is 1.88 bits per heavy atom. The van der Waals surface area contributed by atoms with Gasteiger partial charge in [-0.05, 0) is 6.92 Å². The van der Waals surface area contributed by atoms with E-state index in [0.29, 0.717) is 10.6 Å². The third-order valence-electron chi connectivity index (χ3n) is 3.88. The van der Waals surface area contributed by atoms with Gasteiger partial charge in [-0.1, -0.05) is 85.0 Å². The molecule has 0 heterocycles. The predicted molar refractivity (Wildman–Crippen MR) is 101 cm³/mol. The van der Waals surface area contributed by atoms with Gasteiger partial charge in [-0.2, -0.15) is 0 Å². The Hall–Kier alpha value is -1.93. The average Bonchev–Trinajstić information content (AvgIpc) is 2.63. The minimum Gasteiger partial charge on any atom is -0.392 e. The van der Waals surface area contributed by atoms with E-state index in [2.05, 4.69) is 0 Å². The third-order valence-corrected chi connectivity index (χ3v) is 7.33. The van der Waals surface area contributed by atoms with E-state index in [-0.39, 0.29) is 6.61 Å². The number of allylic oxidation sites excluding steroid dienone is 1. The van der Waals surface area contributed by atoms with Crippen LogP contribution in [-0.2, 0) is 4.57 Å². The Balaban J connectivity index is 2.67. The highest BCUT2D eigenvalue weighted by Crippen LogP contribution is 2.50. The molecule has 0 aliphatic heterocycles. The Kier molecular flexibility index (Phi) is 6.74. The van der Waals surface area contributed by atoms with Crippen molar-refractivity contribution in [1.29, 1.82) is 0 Å². The summed E-state index contributed by atoms with van der Waals surface area (Å²) in [6.07, 6.45) is 5.65. The fourth-order valence-corrected chi connectivity index (χ4v) is 5.86. The molecule has 0 aliphatic carbocycles. The summed E-state index contributed by atoms with van der Waals surface area (Å²) in [6.45, 7) is 1.65. The Morgan fingerprint density at radius 1 is 0.958 bits per heavy atom. The van der Waals surface area contributed by atoms with Gasteiger partial charge in [-0.3, -0.25) is 0 Å². The van der Waals surface area contributed by atoms with Crippen molar-refractivity contribution in [3.8, 4) is 0 Å². The quantitative estimate of drug-likeness (QED) is 0.601. The highest BCUT2D eigenvalue weighted by Gasteiger charge is 2.38. The molecule has 0 saturated heterocycles. The molecule has 0 amide bonds. The van der Waals surface area contributed by atoms with Crippen molar-refractivity contribution < 1.29 is 14.8 Å². The van der Waals surface area contributed by atoms with E-state index in [1.165, 1.54) is 6.08 Å². The summed E-state index contributed by atoms with van der Waals surface area (Å²) in [5.74, 6) is 0. The SMILES string of the molecule is C/C=C/C(O)C(/C=C/CO)P(=O)(c1ccccc1)c1ccccc1. The molecule has 4 heteroatoms. The number of benzene rings is 2. The number of hydrogen-bond donors (Lipinski definition) is 2. The van der Waals surface area contributed by atoms with Crippen LogP contribution in [0.4, 0.5) is 0 Å². The minimum absolute atomic E-state index is 0.164. The molecule has 2 aromatic carbocycles. The molecule has 2 atom stereocenters. The largest absolute Gasteiger partial charge is 0.392 e. The Morgan fingerprint density at radius 2 is 1.46 bits per heavy atom. The highest BCUT2D eigenvalue weighted by atomic mass is 31.2. The van der Waals surface area contributed by atoms with E-state index < -0.39 is 18.9 Å². The zero-order valence-corrected chi connectivity index (χ0v) is 14.6. The maximum absolute atomic E-state index is 14.2. The maximum atomic E-state index is 14.2. The number of aliphatic hydroxyl groups is 2. The summed E-state index contributed by atoms with van der Waals surface area (Å²) in [5, 5.41) is 21.1. The van der Waals surface area contributed by atoms with Crippen LogP contribution in [0.5, 0.6) is 0 Å². The predicted octanol–water partition coefficient (Wildman–Crippen LogP) is 2.85. The second-order valence-electron chi connectivity index (χ2n) is 5.45. The van der Waals surface area contributed by atoms with E-state index in [0.717, 1.165) is 0 Å². The van der Waals surface area contributed by atoms with Crippen molar-refractivity contribution >= 4 is 17.8 Å². The molecule has 126 valence electrons. The van der Waals surface area contributed by atoms with Gasteiger partial charge < -0.3 is 14.8 Å². The van der Waals surface area contributed by atoms with Crippen molar-refractivity contribution in [3.63, 3.8) is 0 Å². The molecule has 2 unspecified atom stereocenters. The third kappa shape index (κ3) is 3.93. The van der Waals surface area contributed by atoms with E-state index in [1.807, 2.05) is 67.6 Å². The molecule has 0 fully saturated rings. The first-order valence-electron chi connectivity index (χ1n) is 7.94. The second kappa shape index (κ2) is 8.79. The number of rotatable bonds is 7. The normalized spacial score (nSPS) is 15.0. The molecular weight excluding hydrogens is 319 g/mol. The fourth-order valence-electron chi connectivity index (χ4n) is 2.75. The molecule has 3 nitrogen and oxygen atoms in total. The van der Waals surface area contributed by atoms with Crippen LogP contribution in [-0.4, -0.2) is 28.6 Å². The monoisotopic (exact) mass is 342 g/mol.